The van der Waals surface area contributed by atoms with Crippen LogP contribution in [0.3, 0.4) is 0 Å². The molecule has 3 aromatic rings. The van der Waals surface area contributed by atoms with Crippen molar-refractivity contribution in [1.29, 1.82) is 0 Å². The quantitative estimate of drug-likeness (QED) is 0.758. The van der Waals surface area contributed by atoms with E-state index in [1.165, 1.54) is 11.3 Å². The zero-order chi connectivity index (χ0) is 12.7. The molecule has 4 heteroatoms. The second-order valence-electron chi connectivity index (χ2n) is 4.29. The number of para-hydroxylation sites is 1. The summed E-state index contributed by atoms with van der Waals surface area (Å²) in [7, 11) is 0. The molecule has 3 rings (SSSR count). The van der Waals surface area contributed by atoms with Gasteiger partial charge in [0.2, 0.25) is 0 Å². The standard InChI is InChI=1S/C14H13NO2S/c1-8-13(9(2)16)18-14(15-8)12-7-10-5-3-4-6-11(10)17-12/h3-7,9,16H,1-2H3. The minimum Gasteiger partial charge on any atom is -0.454 e. The van der Waals surface area contributed by atoms with Crippen LogP contribution in [-0.4, -0.2) is 10.1 Å². The molecule has 0 bridgehead atoms. The van der Waals surface area contributed by atoms with E-state index in [1.54, 1.807) is 6.92 Å². The lowest BCUT2D eigenvalue weighted by atomic mass is 10.2. The Bertz CT molecular complexity index is 664. The lowest BCUT2D eigenvalue weighted by molar-refractivity contribution is 0.202. The molecule has 1 N–H and O–H groups in total. The topological polar surface area (TPSA) is 46.3 Å². The van der Waals surface area contributed by atoms with Crippen molar-refractivity contribution in [3.63, 3.8) is 0 Å². The second kappa shape index (κ2) is 4.23. The summed E-state index contributed by atoms with van der Waals surface area (Å²) >= 11 is 1.48. The van der Waals surface area contributed by atoms with Gasteiger partial charge in [0.05, 0.1) is 16.7 Å². The van der Waals surface area contributed by atoms with Crippen molar-refractivity contribution in [2.45, 2.75) is 20.0 Å². The van der Waals surface area contributed by atoms with Gasteiger partial charge in [0, 0.05) is 5.39 Å². The van der Waals surface area contributed by atoms with Gasteiger partial charge in [-0.25, -0.2) is 4.98 Å². The molecule has 0 saturated carbocycles. The summed E-state index contributed by atoms with van der Waals surface area (Å²) in [6.07, 6.45) is -0.486. The lowest BCUT2D eigenvalue weighted by Crippen LogP contribution is -1.88. The van der Waals surface area contributed by atoms with Crippen LogP contribution in [-0.2, 0) is 0 Å². The highest BCUT2D eigenvalue weighted by molar-refractivity contribution is 7.15. The zero-order valence-electron chi connectivity index (χ0n) is 10.2. The highest BCUT2D eigenvalue weighted by Crippen LogP contribution is 2.34. The Morgan fingerprint density at radius 1 is 1.33 bits per heavy atom. The van der Waals surface area contributed by atoms with Crippen LogP contribution in [0.15, 0.2) is 34.7 Å². The number of nitrogens with zero attached hydrogens (tertiary/aromatic N) is 1. The summed E-state index contributed by atoms with van der Waals surface area (Å²) in [5.74, 6) is 0.760. The first-order valence-corrected chi connectivity index (χ1v) is 6.61. The molecule has 0 radical (unpaired) electrons. The van der Waals surface area contributed by atoms with E-state index in [4.69, 9.17) is 4.42 Å². The van der Waals surface area contributed by atoms with E-state index in [0.717, 1.165) is 32.3 Å². The lowest BCUT2D eigenvalue weighted by Gasteiger charge is -1.98. The molecule has 1 atom stereocenters. The van der Waals surface area contributed by atoms with Crippen LogP contribution in [0.2, 0.25) is 0 Å². The van der Waals surface area contributed by atoms with E-state index in [0.29, 0.717) is 0 Å². The van der Waals surface area contributed by atoms with E-state index in [-0.39, 0.29) is 0 Å². The monoisotopic (exact) mass is 259 g/mol. The molecule has 2 heterocycles. The molecule has 1 unspecified atom stereocenters. The van der Waals surface area contributed by atoms with Crippen molar-refractivity contribution in [2.75, 3.05) is 0 Å². The van der Waals surface area contributed by atoms with Gasteiger partial charge in [-0.15, -0.1) is 11.3 Å². The Balaban J connectivity index is 2.11. The van der Waals surface area contributed by atoms with Gasteiger partial charge in [-0.2, -0.15) is 0 Å². The summed E-state index contributed by atoms with van der Waals surface area (Å²) < 4.78 is 5.77. The molecule has 92 valence electrons. The van der Waals surface area contributed by atoms with Crippen LogP contribution in [0.5, 0.6) is 0 Å². The molecule has 0 amide bonds. The number of fused-ring (bicyclic) bond motifs is 1. The molecular formula is C14H13NO2S. The highest BCUT2D eigenvalue weighted by Gasteiger charge is 2.15. The largest absolute Gasteiger partial charge is 0.454 e. The molecule has 0 aliphatic heterocycles. The first-order chi connectivity index (χ1) is 8.65. The summed E-state index contributed by atoms with van der Waals surface area (Å²) in [5.41, 5.74) is 1.73. The molecule has 0 aliphatic carbocycles. The van der Waals surface area contributed by atoms with Gasteiger partial charge >= 0.3 is 0 Å². The number of hydrogen-bond donors (Lipinski definition) is 1. The fourth-order valence-corrected chi connectivity index (χ4v) is 2.94. The van der Waals surface area contributed by atoms with E-state index < -0.39 is 6.10 Å². The zero-order valence-corrected chi connectivity index (χ0v) is 11.0. The predicted octanol–water partition coefficient (Wildman–Crippen LogP) is 3.92. The van der Waals surface area contributed by atoms with Crippen LogP contribution in [0.25, 0.3) is 21.7 Å². The van der Waals surface area contributed by atoms with Gasteiger partial charge in [-0.3, -0.25) is 0 Å². The number of benzene rings is 1. The van der Waals surface area contributed by atoms with Crippen LogP contribution in [0.1, 0.15) is 23.6 Å². The van der Waals surface area contributed by atoms with Crippen LogP contribution >= 0.6 is 11.3 Å². The Hall–Kier alpha value is -1.65. The average Bonchev–Trinajstić information content (AvgIpc) is 2.91. The maximum Gasteiger partial charge on any atom is 0.164 e. The Morgan fingerprint density at radius 3 is 2.78 bits per heavy atom. The third-order valence-corrected chi connectivity index (χ3v) is 4.19. The van der Waals surface area contributed by atoms with Gasteiger partial charge < -0.3 is 9.52 Å². The fourth-order valence-electron chi connectivity index (χ4n) is 1.99. The number of rotatable bonds is 2. The maximum atomic E-state index is 9.64. The molecule has 0 spiro atoms. The smallest absolute Gasteiger partial charge is 0.164 e. The molecule has 1 aromatic carbocycles. The van der Waals surface area contributed by atoms with Crippen molar-refractivity contribution in [3.8, 4) is 10.8 Å². The second-order valence-corrected chi connectivity index (χ2v) is 5.32. The van der Waals surface area contributed by atoms with E-state index in [2.05, 4.69) is 4.98 Å². The van der Waals surface area contributed by atoms with Crippen molar-refractivity contribution >= 4 is 22.3 Å². The van der Waals surface area contributed by atoms with E-state index in [9.17, 15) is 5.11 Å². The summed E-state index contributed by atoms with van der Waals surface area (Å²) in [6.45, 7) is 3.66. The molecule has 0 fully saturated rings. The van der Waals surface area contributed by atoms with Crippen molar-refractivity contribution in [2.24, 2.45) is 0 Å². The Labute approximate surface area is 109 Å². The Morgan fingerprint density at radius 2 is 2.11 bits per heavy atom. The Kier molecular flexibility index (Phi) is 2.69. The van der Waals surface area contributed by atoms with Gasteiger partial charge in [0.1, 0.15) is 5.58 Å². The molecule has 0 aliphatic rings. The summed E-state index contributed by atoms with van der Waals surface area (Å²) in [4.78, 5) is 5.36. The number of aliphatic hydroxyl groups excluding tert-OH is 1. The average molecular weight is 259 g/mol. The SMILES string of the molecule is Cc1nc(-c2cc3ccccc3o2)sc1C(C)O. The summed E-state index contributed by atoms with van der Waals surface area (Å²) in [6, 6.07) is 9.87. The van der Waals surface area contributed by atoms with Gasteiger partial charge in [0.15, 0.2) is 10.8 Å². The van der Waals surface area contributed by atoms with Crippen molar-refractivity contribution < 1.29 is 9.52 Å². The highest BCUT2D eigenvalue weighted by atomic mass is 32.1. The third kappa shape index (κ3) is 1.83. The molecule has 18 heavy (non-hydrogen) atoms. The van der Waals surface area contributed by atoms with Crippen LogP contribution in [0, 0.1) is 6.92 Å². The van der Waals surface area contributed by atoms with Gasteiger partial charge in [-0.05, 0) is 26.0 Å². The number of aromatic nitrogens is 1. The van der Waals surface area contributed by atoms with Crippen LogP contribution < -0.4 is 0 Å². The number of hydrogen-bond acceptors (Lipinski definition) is 4. The molecular weight excluding hydrogens is 246 g/mol. The van der Waals surface area contributed by atoms with Gasteiger partial charge in [-0.1, -0.05) is 18.2 Å². The number of furan rings is 1. The first-order valence-electron chi connectivity index (χ1n) is 5.79. The minimum absolute atomic E-state index is 0.486. The minimum atomic E-state index is -0.486. The maximum absolute atomic E-state index is 9.64. The van der Waals surface area contributed by atoms with E-state index >= 15 is 0 Å². The number of aliphatic hydroxyl groups is 1. The van der Waals surface area contributed by atoms with E-state index in [1.807, 2.05) is 37.3 Å². The molecule has 0 saturated heterocycles. The van der Waals surface area contributed by atoms with Crippen LogP contribution in [0.4, 0.5) is 0 Å². The predicted molar refractivity (Wildman–Crippen MR) is 72.7 cm³/mol. The first kappa shape index (κ1) is 11.4. The summed E-state index contributed by atoms with van der Waals surface area (Å²) in [5, 5.41) is 11.5. The number of aryl methyl sites for hydroxylation is 1. The third-order valence-electron chi connectivity index (χ3n) is 2.85. The molecule has 3 nitrogen and oxygen atoms in total. The fraction of sp³-hybridized carbons (Fsp3) is 0.214. The molecule has 2 aromatic heterocycles. The van der Waals surface area contributed by atoms with Crippen molar-refractivity contribution in [1.82, 2.24) is 4.98 Å². The number of thiazole rings is 1. The normalized spacial score (nSPS) is 13.1. The van der Waals surface area contributed by atoms with Gasteiger partial charge in [0.25, 0.3) is 0 Å². The van der Waals surface area contributed by atoms with Crippen molar-refractivity contribution in [3.05, 3.63) is 40.9 Å².